The van der Waals surface area contributed by atoms with Gasteiger partial charge in [0.25, 0.3) is 0 Å². The summed E-state index contributed by atoms with van der Waals surface area (Å²) in [5, 5.41) is 4.39. The lowest BCUT2D eigenvalue weighted by molar-refractivity contribution is 1.36. The van der Waals surface area contributed by atoms with Gasteiger partial charge in [-0.3, -0.25) is 4.98 Å². The molecular weight excluding hydrogens is 560 g/mol. The van der Waals surface area contributed by atoms with Gasteiger partial charge in [-0.15, -0.1) is 0 Å². The third-order valence-electron chi connectivity index (χ3n) is 8.67. The second kappa shape index (κ2) is 10.7. The largest absolute Gasteiger partial charge is 0.254 e. The molecule has 0 bridgehead atoms. The van der Waals surface area contributed by atoms with Crippen LogP contribution in [0.2, 0.25) is 0 Å². The number of hydrogen-bond donors (Lipinski definition) is 0. The highest BCUT2D eigenvalue weighted by atomic mass is 14.8. The molecule has 0 aliphatic rings. The molecule has 0 amide bonds. The summed E-state index contributed by atoms with van der Waals surface area (Å²) >= 11 is 0. The Labute approximate surface area is 265 Å². The molecule has 0 N–H and O–H groups in total. The van der Waals surface area contributed by atoms with E-state index in [1.54, 1.807) is 0 Å². The lowest BCUT2D eigenvalue weighted by Crippen LogP contribution is -1.90. The van der Waals surface area contributed by atoms with E-state index in [1.165, 1.54) is 0 Å². The molecule has 0 saturated heterocycles. The molecule has 214 valence electrons. The van der Waals surface area contributed by atoms with Crippen molar-refractivity contribution in [2.45, 2.75) is 0 Å². The van der Waals surface area contributed by atoms with Crippen LogP contribution in [0.1, 0.15) is 0 Å². The van der Waals surface area contributed by atoms with Crippen molar-refractivity contribution in [2.75, 3.05) is 0 Å². The molecule has 0 atom stereocenters. The summed E-state index contributed by atoms with van der Waals surface area (Å²) in [7, 11) is 0. The molecule has 5 aromatic carbocycles. The van der Waals surface area contributed by atoms with Gasteiger partial charge in [0.05, 0.1) is 39.1 Å². The van der Waals surface area contributed by atoms with E-state index in [2.05, 4.69) is 132 Å². The van der Waals surface area contributed by atoms with Crippen molar-refractivity contribution < 1.29 is 0 Å². The van der Waals surface area contributed by atoms with Gasteiger partial charge >= 0.3 is 0 Å². The Kier molecular flexibility index (Phi) is 6.10. The summed E-state index contributed by atoms with van der Waals surface area (Å²) in [4.78, 5) is 19.7. The minimum absolute atomic E-state index is 0.914. The molecule has 0 aliphatic carbocycles. The zero-order chi connectivity index (χ0) is 30.5. The minimum Gasteiger partial charge on any atom is -0.254 e. The smallest absolute Gasteiger partial charge is 0.0972 e. The zero-order valence-corrected chi connectivity index (χ0v) is 24.8. The molecular formula is C42H26N4. The Balaban J connectivity index is 1.06. The van der Waals surface area contributed by atoms with Crippen molar-refractivity contribution in [1.82, 2.24) is 19.9 Å². The molecule has 4 heteroatoms. The number of fused-ring (bicyclic) bond motifs is 5. The standard InChI is InChI=1S/C42H26N4/c1-2-6-27(7-3-1)36-22-18-35-24-31(17-21-38(35)44-36)32-14-11-28-15-19-37(45-40(28)26-32)33-8-4-9-34(25-33)39-20-16-30-13-12-29-10-5-23-43-41(29)42(30)46-39/h1-26H. The van der Waals surface area contributed by atoms with Gasteiger partial charge in [0.15, 0.2) is 0 Å². The Morgan fingerprint density at radius 1 is 0.304 bits per heavy atom. The van der Waals surface area contributed by atoms with Crippen LogP contribution in [0.15, 0.2) is 158 Å². The summed E-state index contributed by atoms with van der Waals surface area (Å²) < 4.78 is 0. The topological polar surface area (TPSA) is 51.6 Å². The molecule has 9 rings (SSSR count). The van der Waals surface area contributed by atoms with Gasteiger partial charge in [-0.25, -0.2) is 15.0 Å². The maximum absolute atomic E-state index is 5.12. The molecule has 0 aliphatic heterocycles. The van der Waals surface area contributed by atoms with Crippen molar-refractivity contribution in [2.24, 2.45) is 0 Å². The van der Waals surface area contributed by atoms with Crippen molar-refractivity contribution in [1.29, 1.82) is 0 Å². The first-order valence-electron chi connectivity index (χ1n) is 15.4. The fourth-order valence-corrected chi connectivity index (χ4v) is 6.25. The highest BCUT2D eigenvalue weighted by molar-refractivity contribution is 6.03. The van der Waals surface area contributed by atoms with Gasteiger partial charge < -0.3 is 0 Å². The second-order valence-corrected chi connectivity index (χ2v) is 11.6. The first kappa shape index (κ1) is 26.2. The summed E-state index contributed by atoms with van der Waals surface area (Å²) in [6, 6.07) is 52.7. The summed E-state index contributed by atoms with van der Waals surface area (Å²) in [6.07, 6.45) is 1.83. The van der Waals surface area contributed by atoms with Crippen LogP contribution in [0.25, 0.3) is 88.5 Å². The van der Waals surface area contributed by atoms with Crippen LogP contribution in [0.3, 0.4) is 0 Å². The number of rotatable bonds is 4. The van der Waals surface area contributed by atoms with E-state index in [1.807, 2.05) is 30.5 Å². The van der Waals surface area contributed by atoms with Gasteiger partial charge in [0.2, 0.25) is 0 Å². The number of hydrogen-bond acceptors (Lipinski definition) is 4. The second-order valence-electron chi connectivity index (χ2n) is 11.6. The molecule has 0 unspecified atom stereocenters. The van der Waals surface area contributed by atoms with E-state index in [0.29, 0.717) is 0 Å². The minimum atomic E-state index is 0.914. The lowest BCUT2D eigenvalue weighted by atomic mass is 10.00. The van der Waals surface area contributed by atoms with Gasteiger partial charge in [-0.05, 0) is 59.7 Å². The number of nitrogens with zero attached hydrogens (tertiary/aromatic N) is 4. The molecule has 9 aromatic rings. The van der Waals surface area contributed by atoms with Gasteiger partial charge in [-0.2, -0.15) is 0 Å². The van der Waals surface area contributed by atoms with E-state index in [-0.39, 0.29) is 0 Å². The molecule has 0 spiro atoms. The van der Waals surface area contributed by atoms with Crippen LogP contribution in [0, 0.1) is 0 Å². The van der Waals surface area contributed by atoms with Crippen molar-refractivity contribution in [3.05, 3.63) is 158 Å². The number of pyridine rings is 4. The van der Waals surface area contributed by atoms with Crippen LogP contribution in [-0.4, -0.2) is 19.9 Å². The number of benzene rings is 5. The first-order valence-corrected chi connectivity index (χ1v) is 15.4. The highest BCUT2D eigenvalue weighted by Crippen LogP contribution is 2.31. The quantitative estimate of drug-likeness (QED) is 0.193. The van der Waals surface area contributed by atoms with E-state index < -0.39 is 0 Å². The van der Waals surface area contributed by atoms with Crippen molar-refractivity contribution >= 4 is 43.6 Å². The van der Waals surface area contributed by atoms with E-state index in [0.717, 1.165) is 88.5 Å². The molecule has 4 nitrogen and oxygen atoms in total. The van der Waals surface area contributed by atoms with Crippen LogP contribution >= 0.6 is 0 Å². The predicted molar refractivity (Wildman–Crippen MR) is 189 cm³/mol. The van der Waals surface area contributed by atoms with E-state index in [9.17, 15) is 0 Å². The summed E-state index contributed by atoms with van der Waals surface area (Å²) in [6.45, 7) is 0. The Morgan fingerprint density at radius 2 is 0.913 bits per heavy atom. The Morgan fingerprint density at radius 3 is 1.76 bits per heavy atom. The number of aromatic nitrogens is 4. The monoisotopic (exact) mass is 586 g/mol. The Hall–Kier alpha value is -6.26. The Bertz CT molecular complexity index is 2590. The summed E-state index contributed by atoms with van der Waals surface area (Å²) in [5.74, 6) is 0. The summed E-state index contributed by atoms with van der Waals surface area (Å²) in [5.41, 5.74) is 12.1. The molecule has 4 heterocycles. The maximum atomic E-state index is 5.12. The first-order chi connectivity index (χ1) is 22.7. The van der Waals surface area contributed by atoms with Gasteiger partial charge in [0.1, 0.15) is 0 Å². The van der Waals surface area contributed by atoms with Crippen molar-refractivity contribution in [3.8, 4) is 44.9 Å². The SMILES string of the molecule is c1ccc(-c2ccc3cc(-c4ccc5ccc(-c6cccc(-c7ccc8ccc9cccnc9c8n7)c6)nc5c4)ccc3n2)cc1. The predicted octanol–water partition coefficient (Wildman–Crippen LogP) is 10.5. The molecule has 0 fully saturated rings. The van der Waals surface area contributed by atoms with Gasteiger partial charge in [0, 0.05) is 44.4 Å². The molecule has 46 heavy (non-hydrogen) atoms. The van der Waals surface area contributed by atoms with Crippen LogP contribution in [0.4, 0.5) is 0 Å². The third-order valence-corrected chi connectivity index (χ3v) is 8.67. The third kappa shape index (κ3) is 4.64. The van der Waals surface area contributed by atoms with Crippen LogP contribution in [0.5, 0.6) is 0 Å². The average Bonchev–Trinajstić information content (AvgIpc) is 3.14. The molecule has 0 saturated carbocycles. The van der Waals surface area contributed by atoms with Crippen LogP contribution in [-0.2, 0) is 0 Å². The fraction of sp³-hybridized carbons (Fsp3) is 0. The van der Waals surface area contributed by atoms with E-state index >= 15 is 0 Å². The molecule has 4 aromatic heterocycles. The lowest BCUT2D eigenvalue weighted by Gasteiger charge is -2.10. The average molecular weight is 587 g/mol. The van der Waals surface area contributed by atoms with Crippen LogP contribution < -0.4 is 0 Å². The zero-order valence-electron chi connectivity index (χ0n) is 24.8. The van der Waals surface area contributed by atoms with Crippen molar-refractivity contribution in [3.63, 3.8) is 0 Å². The van der Waals surface area contributed by atoms with E-state index in [4.69, 9.17) is 15.0 Å². The fourth-order valence-electron chi connectivity index (χ4n) is 6.25. The molecule has 0 radical (unpaired) electrons. The van der Waals surface area contributed by atoms with Gasteiger partial charge in [-0.1, -0.05) is 103 Å². The normalized spacial score (nSPS) is 11.5. The highest BCUT2D eigenvalue weighted by Gasteiger charge is 2.10. The maximum Gasteiger partial charge on any atom is 0.0972 e.